The highest BCUT2D eigenvalue weighted by Gasteiger charge is 2.35. The highest BCUT2D eigenvalue weighted by atomic mass is 32.2. The lowest BCUT2D eigenvalue weighted by Crippen LogP contribution is -2.51. The van der Waals surface area contributed by atoms with Crippen molar-refractivity contribution in [2.75, 3.05) is 25.4 Å². The van der Waals surface area contributed by atoms with Crippen molar-refractivity contribution in [1.82, 2.24) is 9.21 Å². The largest absolute Gasteiger partial charge is 0.480 e. The molecule has 1 saturated carbocycles. The van der Waals surface area contributed by atoms with E-state index in [1.165, 1.54) is 22.0 Å². The van der Waals surface area contributed by atoms with Gasteiger partial charge in [-0.05, 0) is 32.1 Å². The van der Waals surface area contributed by atoms with E-state index in [2.05, 4.69) is 0 Å². The lowest BCUT2D eigenvalue weighted by molar-refractivity contribution is -0.149. The molecule has 2 rings (SSSR count). The number of amides is 1. The molecule has 8 heteroatoms. The van der Waals surface area contributed by atoms with Crippen LogP contribution in [0, 0.1) is 11.8 Å². The van der Waals surface area contributed by atoms with Gasteiger partial charge in [-0.2, -0.15) is 0 Å². The van der Waals surface area contributed by atoms with Crippen molar-refractivity contribution >= 4 is 21.9 Å². The van der Waals surface area contributed by atoms with Crippen molar-refractivity contribution in [3.8, 4) is 0 Å². The zero-order valence-electron chi connectivity index (χ0n) is 15.9. The third kappa shape index (κ3) is 5.42. The van der Waals surface area contributed by atoms with Gasteiger partial charge >= 0.3 is 5.97 Å². The molecule has 1 aliphatic heterocycles. The Bertz CT molecular complexity index is 593. The molecule has 1 aliphatic carbocycles. The van der Waals surface area contributed by atoms with Crippen molar-refractivity contribution in [2.24, 2.45) is 11.8 Å². The minimum atomic E-state index is -3.23. The van der Waals surface area contributed by atoms with Gasteiger partial charge in [-0.3, -0.25) is 9.59 Å². The third-order valence-electron chi connectivity index (χ3n) is 5.79. The molecular weight excluding hydrogens is 356 g/mol. The van der Waals surface area contributed by atoms with Crippen LogP contribution in [0.3, 0.4) is 0 Å². The van der Waals surface area contributed by atoms with Crippen LogP contribution >= 0.6 is 0 Å². The molecule has 1 N–H and O–H groups in total. The van der Waals surface area contributed by atoms with E-state index in [-0.39, 0.29) is 30.2 Å². The number of carboxylic acid groups (broad SMARTS) is 1. The molecule has 1 atom stereocenters. The molecule has 2 fully saturated rings. The van der Waals surface area contributed by atoms with Gasteiger partial charge < -0.3 is 10.0 Å². The lowest BCUT2D eigenvalue weighted by Gasteiger charge is -2.38. The molecule has 0 bridgehead atoms. The van der Waals surface area contributed by atoms with E-state index in [1.807, 2.05) is 6.92 Å². The fourth-order valence-electron chi connectivity index (χ4n) is 4.28. The molecule has 1 unspecified atom stereocenters. The van der Waals surface area contributed by atoms with Gasteiger partial charge in [0.05, 0.1) is 5.75 Å². The molecule has 7 nitrogen and oxygen atoms in total. The van der Waals surface area contributed by atoms with Gasteiger partial charge in [-0.1, -0.05) is 32.6 Å². The first-order valence-corrected chi connectivity index (χ1v) is 11.4. The normalized spacial score (nSPS) is 21.6. The summed E-state index contributed by atoms with van der Waals surface area (Å²) in [5.74, 6) is -0.674. The molecule has 0 aromatic heterocycles. The molecule has 1 heterocycles. The van der Waals surface area contributed by atoms with Crippen LogP contribution in [-0.4, -0.2) is 66.0 Å². The van der Waals surface area contributed by atoms with E-state index in [9.17, 15) is 23.1 Å². The third-order valence-corrected chi connectivity index (χ3v) is 7.68. The van der Waals surface area contributed by atoms with Gasteiger partial charge in [0.2, 0.25) is 15.9 Å². The van der Waals surface area contributed by atoms with Crippen LogP contribution in [0.1, 0.15) is 58.8 Å². The Morgan fingerprint density at radius 1 is 1.15 bits per heavy atom. The minimum Gasteiger partial charge on any atom is -0.480 e. The first-order chi connectivity index (χ1) is 12.2. The summed E-state index contributed by atoms with van der Waals surface area (Å²) in [5, 5.41) is 9.25. The summed E-state index contributed by atoms with van der Waals surface area (Å²) in [5.41, 5.74) is 0. The molecule has 26 heavy (non-hydrogen) atoms. The molecule has 0 radical (unpaired) electrons. The number of sulfonamides is 1. The van der Waals surface area contributed by atoms with Crippen molar-refractivity contribution in [1.29, 1.82) is 0 Å². The van der Waals surface area contributed by atoms with Crippen LogP contribution in [0.4, 0.5) is 0 Å². The number of aliphatic carboxylic acids is 1. The second-order valence-corrected chi connectivity index (χ2v) is 9.94. The van der Waals surface area contributed by atoms with E-state index < -0.39 is 16.0 Å². The van der Waals surface area contributed by atoms with E-state index in [1.54, 1.807) is 6.92 Å². The van der Waals surface area contributed by atoms with Crippen molar-refractivity contribution < 1.29 is 23.1 Å². The quantitative estimate of drug-likeness (QED) is 0.685. The summed E-state index contributed by atoms with van der Waals surface area (Å²) >= 11 is 0. The van der Waals surface area contributed by atoms with Crippen LogP contribution < -0.4 is 0 Å². The Labute approximate surface area is 156 Å². The predicted octanol–water partition coefficient (Wildman–Crippen LogP) is 1.93. The van der Waals surface area contributed by atoms with Gasteiger partial charge in [-0.15, -0.1) is 0 Å². The predicted molar refractivity (Wildman–Crippen MR) is 99.1 cm³/mol. The SMILES string of the molecule is CCS(=O)(=O)N1CCC(N(CC(=O)O)C(=O)C(C)CC2CCCC2)CC1. The Morgan fingerprint density at radius 3 is 2.23 bits per heavy atom. The Hall–Kier alpha value is -1.15. The number of nitrogens with zero attached hydrogens (tertiary/aromatic N) is 2. The Morgan fingerprint density at radius 2 is 1.73 bits per heavy atom. The van der Waals surface area contributed by atoms with Crippen LogP contribution in [0.2, 0.25) is 0 Å². The van der Waals surface area contributed by atoms with E-state index >= 15 is 0 Å². The molecule has 0 aromatic carbocycles. The highest BCUT2D eigenvalue weighted by molar-refractivity contribution is 7.89. The van der Waals surface area contributed by atoms with Gasteiger partial charge in [0.15, 0.2) is 0 Å². The number of piperidine rings is 1. The van der Waals surface area contributed by atoms with Gasteiger partial charge in [0.1, 0.15) is 6.54 Å². The van der Waals surface area contributed by atoms with E-state index in [0.717, 1.165) is 19.3 Å². The molecule has 0 spiro atoms. The number of carboxylic acids is 1. The first kappa shape index (κ1) is 21.2. The highest BCUT2D eigenvalue weighted by Crippen LogP contribution is 2.31. The molecular formula is C18H32N2O5S. The average molecular weight is 389 g/mol. The summed E-state index contributed by atoms with van der Waals surface area (Å²) in [7, 11) is -3.23. The smallest absolute Gasteiger partial charge is 0.323 e. The summed E-state index contributed by atoms with van der Waals surface area (Å²) in [6, 6.07) is -0.201. The van der Waals surface area contributed by atoms with Crippen LogP contribution in [0.15, 0.2) is 0 Å². The number of hydrogen-bond acceptors (Lipinski definition) is 4. The molecule has 150 valence electrons. The summed E-state index contributed by atoms with van der Waals surface area (Å²) in [6.07, 6.45) is 6.55. The van der Waals surface area contributed by atoms with Gasteiger partial charge in [0, 0.05) is 25.0 Å². The zero-order chi connectivity index (χ0) is 19.3. The maximum Gasteiger partial charge on any atom is 0.323 e. The minimum absolute atomic E-state index is 0.0634. The monoisotopic (exact) mass is 388 g/mol. The lowest BCUT2D eigenvalue weighted by atomic mass is 9.92. The van der Waals surface area contributed by atoms with Crippen molar-refractivity contribution in [3.05, 3.63) is 0 Å². The maximum atomic E-state index is 12.9. The van der Waals surface area contributed by atoms with Crippen molar-refractivity contribution in [2.45, 2.75) is 64.8 Å². The number of hydrogen-bond donors (Lipinski definition) is 1. The number of carbonyl (C=O) groups is 2. The topological polar surface area (TPSA) is 95.0 Å². The van der Waals surface area contributed by atoms with Crippen LogP contribution in [-0.2, 0) is 19.6 Å². The first-order valence-electron chi connectivity index (χ1n) is 9.74. The zero-order valence-corrected chi connectivity index (χ0v) is 16.7. The summed E-state index contributed by atoms with van der Waals surface area (Å²) < 4.78 is 25.4. The Kier molecular flexibility index (Phi) is 7.46. The van der Waals surface area contributed by atoms with Crippen LogP contribution in [0.25, 0.3) is 0 Å². The van der Waals surface area contributed by atoms with Crippen molar-refractivity contribution in [3.63, 3.8) is 0 Å². The van der Waals surface area contributed by atoms with E-state index in [4.69, 9.17) is 0 Å². The van der Waals surface area contributed by atoms with Crippen LogP contribution in [0.5, 0.6) is 0 Å². The molecule has 1 saturated heterocycles. The summed E-state index contributed by atoms with van der Waals surface area (Å²) in [4.78, 5) is 25.7. The summed E-state index contributed by atoms with van der Waals surface area (Å²) in [6.45, 7) is 3.90. The average Bonchev–Trinajstić information content (AvgIpc) is 3.12. The molecule has 0 aromatic rings. The number of rotatable bonds is 8. The van der Waals surface area contributed by atoms with E-state index in [0.29, 0.717) is 31.8 Å². The maximum absolute atomic E-state index is 12.9. The second-order valence-electron chi connectivity index (χ2n) is 7.68. The van der Waals surface area contributed by atoms with Gasteiger partial charge in [-0.25, -0.2) is 12.7 Å². The second kappa shape index (κ2) is 9.17. The van der Waals surface area contributed by atoms with Gasteiger partial charge in [0.25, 0.3) is 0 Å². The molecule has 1 amide bonds. The fraction of sp³-hybridized carbons (Fsp3) is 0.889. The standard InChI is InChI=1S/C18H32N2O5S/c1-3-26(24,25)19-10-8-16(9-11-19)20(13-17(21)22)18(23)14(2)12-15-6-4-5-7-15/h14-16H,3-13H2,1-2H3,(H,21,22). The fourth-order valence-corrected chi connectivity index (χ4v) is 5.41. The molecule has 2 aliphatic rings. The number of carbonyl (C=O) groups excluding carboxylic acids is 1. The Balaban J connectivity index is 2.00.